The second kappa shape index (κ2) is 9.87. The number of nitrogens with one attached hydrogen (secondary N) is 1. The first kappa shape index (κ1) is 19.0. The molecule has 0 saturated heterocycles. The Labute approximate surface area is 149 Å². The first-order valence-corrected chi connectivity index (χ1v) is 8.90. The molecule has 2 rings (SSSR count). The van der Waals surface area contributed by atoms with Gasteiger partial charge in [0, 0.05) is 6.54 Å². The van der Waals surface area contributed by atoms with Gasteiger partial charge < -0.3 is 14.8 Å². The number of para-hydroxylation sites is 1. The molecule has 1 aliphatic rings. The summed E-state index contributed by atoms with van der Waals surface area (Å²) < 4.78 is 10.6. The lowest BCUT2D eigenvalue weighted by molar-refractivity contribution is -0.156. The van der Waals surface area contributed by atoms with Gasteiger partial charge in [-0.3, -0.25) is 4.79 Å². The number of carbonyl (C=O) groups is 2. The van der Waals surface area contributed by atoms with Crippen molar-refractivity contribution in [3.05, 3.63) is 41.5 Å². The molecule has 0 spiro atoms. The molecule has 1 aliphatic carbocycles. The Morgan fingerprint density at radius 3 is 2.76 bits per heavy atom. The molecular formula is C20H27NO4. The SMILES string of the molecule is Cc1ccccc1OCC(=O)O[C@@H](C)C(=O)NCCC1=CCCCC1. The summed E-state index contributed by atoms with van der Waals surface area (Å²) in [6.45, 7) is 3.83. The lowest BCUT2D eigenvalue weighted by Gasteiger charge is -2.16. The standard InChI is InChI=1S/C20H27NO4/c1-15-8-6-7-11-18(15)24-14-19(22)25-16(2)20(23)21-13-12-17-9-4-3-5-10-17/h6-9,11,16H,3-5,10,12-14H2,1-2H3,(H,21,23)/t16-/m0/s1. The van der Waals surface area contributed by atoms with E-state index in [9.17, 15) is 9.59 Å². The smallest absolute Gasteiger partial charge is 0.344 e. The first-order chi connectivity index (χ1) is 12.1. The largest absolute Gasteiger partial charge is 0.482 e. The van der Waals surface area contributed by atoms with Crippen LogP contribution in [-0.2, 0) is 14.3 Å². The normalized spacial score (nSPS) is 15.0. The lowest BCUT2D eigenvalue weighted by atomic mass is 9.97. The highest BCUT2D eigenvalue weighted by molar-refractivity contribution is 5.83. The maximum absolute atomic E-state index is 12.0. The molecule has 0 bridgehead atoms. The predicted molar refractivity (Wildman–Crippen MR) is 96.4 cm³/mol. The van der Waals surface area contributed by atoms with Crippen molar-refractivity contribution >= 4 is 11.9 Å². The van der Waals surface area contributed by atoms with Crippen LogP contribution in [-0.4, -0.2) is 31.1 Å². The number of hydrogen-bond acceptors (Lipinski definition) is 4. The fourth-order valence-electron chi connectivity index (χ4n) is 2.76. The number of ether oxygens (including phenoxy) is 2. The monoisotopic (exact) mass is 345 g/mol. The molecule has 0 radical (unpaired) electrons. The second-order valence-electron chi connectivity index (χ2n) is 6.34. The van der Waals surface area contributed by atoms with Gasteiger partial charge in [-0.25, -0.2) is 4.79 Å². The molecule has 0 aliphatic heterocycles. The van der Waals surface area contributed by atoms with Crippen molar-refractivity contribution < 1.29 is 19.1 Å². The number of rotatable bonds is 8. The van der Waals surface area contributed by atoms with E-state index in [1.165, 1.54) is 18.4 Å². The number of amides is 1. The quantitative estimate of drug-likeness (QED) is 0.580. The van der Waals surface area contributed by atoms with Gasteiger partial charge in [-0.05, 0) is 57.6 Å². The first-order valence-electron chi connectivity index (χ1n) is 8.90. The molecular weight excluding hydrogens is 318 g/mol. The summed E-state index contributed by atoms with van der Waals surface area (Å²) >= 11 is 0. The van der Waals surface area contributed by atoms with E-state index in [-0.39, 0.29) is 12.5 Å². The predicted octanol–water partition coefficient (Wildman–Crippen LogP) is 3.31. The van der Waals surface area contributed by atoms with Crippen molar-refractivity contribution in [1.29, 1.82) is 0 Å². The van der Waals surface area contributed by atoms with Gasteiger partial charge >= 0.3 is 5.97 Å². The van der Waals surface area contributed by atoms with Crippen LogP contribution in [0.2, 0.25) is 0 Å². The molecule has 1 aromatic rings. The van der Waals surface area contributed by atoms with Gasteiger partial charge in [0.25, 0.3) is 5.91 Å². The highest BCUT2D eigenvalue weighted by Gasteiger charge is 2.18. The molecule has 1 atom stereocenters. The summed E-state index contributed by atoms with van der Waals surface area (Å²) in [5, 5.41) is 2.82. The highest BCUT2D eigenvalue weighted by atomic mass is 16.6. The third-order valence-electron chi connectivity index (χ3n) is 4.25. The molecule has 0 aromatic heterocycles. The molecule has 1 aromatic carbocycles. The van der Waals surface area contributed by atoms with Crippen LogP contribution in [0.5, 0.6) is 5.75 Å². The minimum Gasteiger partial charge on any atom is -0.482 e. The Balaban J connectivity index is 1.66. The van der Waals surface area contributed by atoms with Crippen LogP contribution < -0.4 is 10.1 Å². The molecule has 136 valence electrons. The zero-order valence-corrected chi connectivity index (χ0v) is 15.0. The van der Waals surface area contributed by atoms with Crippen LogP contribution in [0.15, 0.2) is 35.9 Å². The van der Waals surface area contributed by atoms with E-state index in [1.807, 2.05) is 25.1 Å². The minimum atomic E-state index is -0.826. The van der Waals surface area contributed by atoms with Crippen LogP contribution >= 0.6 is 0 Å². The number of allylic oxidation sites excluding steroid dienone is 1. The molecule has 5 heteroatoms. The van der Waals surface area contributed by atoms with Crippen LogP contribution in [0.4, 0.5) is 0 Å². The maximum atomic E-state index is 12.0. The van der Waals surface area contributed by atoms with Gasteiger partial charge in [-0.2, -0.15) is 0 Å². The lowest BCUT2D eigenvalue weighted by Crippen LogP contribution is -2.37. The van der Waals surface area contributed by atoms with Gasteiger partial charge in [0.1, 0.15) is 5.75 Å². The number of carbonyl (C=O) groups excluding carboxylic acids is 2. The summed E-state index contributed by atoms with van der Waals surface area (Å²) in [6, 6.07) is 7.43. The zero-order valence-electron chi connectivity index (χ0n) is 15.0. The van der Waals surface area contributed by atoms with E-state index in [0.717, 1.165) is 24.8 Å². The Bertz CT molecular complexity index is 624. The Morgan fingerprint density at radius 2 is 2.04 bits per heavy atom. The molecule has 0 unspecified atom stereocenters. The summed E-state index contributed by atoms with van der Waals surface area (Å²) in [4.78, 5) is 23.8. The van der Waals surface area contributed by atoms with Crippen LogP contribution in [0, 0.1) is 6.92 Å². The average Bonchev–Trinajstić information content (AvgIpc) is 2.62. The molecule has 0 saturated carbocycles. The van der Waals surface area contributed by atoms with E-state index in [1.54, 1.807) is 13.0 Å². The van der Waals surface area contributed by atoms with E-state index in [2.05, 4.69) is 11.4 Å². The molecule has 5 nitrogen and oxygen atoms in total. The third kappa shape index (κ3) is 6.61. The van der Waals surface area contributed by atoms with Crippen molar-refractivity contribution in [3.63, 3.8) is 0 Å². The Kier molecular flexibility index (Phi) is 7.51. The summed E-state index contributed by atoms with van der Waals surface area (Å²) in [5.74, 6) is -0.196. The topological polar surface area (TPSA) is 64.6 Å². The van der Waals surface area contributed by atoms with Crippen molar-refractivity contribution in [3.8, 4) is 5.75 Å². The van der Waals surface area contributed by atoms with E-state index in [4.69, 9.17) is 9.47 Å². The third-order valence-corrected chi connectivity index (χ3v) is 4.25. The fraction of sp³-hybridized carbons (Fsp3) is 0.500. The number of aryl methyl sites for hydroxylation is 1. The summed E-state index contributed by atoms with van der Waals surface area (Å²) in [6.07, 6.45) is 7.05. The molecule has 1 amide bonds. The molecule has 0 fully saturated rings. The van der Waals surface area contributed by atoms with Crippen molar-refractivity contribution in [2.45, 2.75) is 52.1 Å². The van der Waals surface area contributed by atoms with E-state index in [0.29, 0.717) is 12.3 Å². The molecule has 25 heavy (non-hydrogen) atoms. The van der Waals surface area contributed by atoms with Crippen LogP contribution in [0.3, 0.4) is 0 Å². The Morgan fingerprint density at radius 1 is 1.24 bits per heavy atom. The highest BCUT2D eigenvalue weighted by Crippen LogP contribution is 2.19. The van der Waals surface area contributed by atoms with Gasteiger partial charge in [-0.1, -0.05) is 29.8 Å². The number of hydrogen-bond donors (Lipinski definition) is 1. The number of benzene rings is 1. The van der Waals surface area contributed by atoms with Crippen molar-refractivity contribution in [2.75, 3.05) is 13.2 Å². The summed E-state index contributed by atoms with van der Waals surface area (Å²) in [5.41, 5.74) is 2.35. The minimum absolute atomic E-state index is 0.213. The second-order valence-corrected chi connectivity index (χ2v) is 6.34. The zero-order chi connectivity index (χ0) is 18.1. The Hall–Kier alpha value is -2.30. The number of esters is 1. The molecule has 0 heterocycles. The van der Waals surface area contributed by atoms with E-state index >= 15 is 0 Å². The van der Waals surface area contributed by atoms with E-state index < -0.39 is 12.1 Å². The van der Waals surface area contributed by atoms with Crippen LogP contribution in [0.25, 0.3) is 0 Å². The summed E-state index contributed by atoms with van der Waals surface area (Å²) in [7, 11) is 0. The van der Waals surface area contributed by atoms with Gasteiger partial charge in [0.05, 0.1) is 0 Å². The van der Waals surface area contributed by atoms with Gasteiger partial charge in [-0.15, -0.1) is 0 Å². The van der Waals surface area contributed by atoms with Crippen molar-refractivity contribution in [2.24, 2.45) is 0 Å². The molecule has 1 N–H and O–H groups in total. The van der Waals surface area contributed by atoms with Crippen molar-refractivity contribution in [1.82, 2.24) is 5.32 Å². The van der Waals surface area contributed by atoms with Gasteiger partial charge in [0.15, 0.2) is 12.7 Å². The average molecular weight is 345 g/mol. The van der Waals surface area contributed by atoms with Gasteiger partial charge in [0.2, 0.25) is 0 Å². The maximum Gasteiger partial charge on any atom is 0.344 e. The fourth-order valence-corrected chi connectivity index (χ4v) is 2.76. The van der Waals surface area contributed by atoms with Crippen LogP contribution in [0.1, 0.15) is 44.6 Å².